The lowest BCUT2D eigenvalue weighted by molar-refractivity contribution is -0.131. The lowest BCUT2D eigenvalue weighted by Gasteiger charge is -2.36. The summed E-state index contributed by atoms with van der Waals surface area (Å²) in [6.45, 7) is 2.43. The summed E-state index contributed by atoms with van der Waals surface area (Å²) in [5, 5.41) is 5.70. The number of para-hydroxylation sites is 2. The van der Waals surface area contributed by atoms with E-state index in [2.05, 4.69) is 22.2 Å². The maximum Gasteiger partial charge on any atom is 0.292 e. The van der Waals surface area contributed by atoms with Crippen LogP contribution in [-0.4, -0.2) is 51.8 Å². The number of nitrogens with zero attached hydrogens (tertiary/aromatic N) is 4. The standard InChI is InChI=1S/C26H26ClN5O2/c27-25-23(18-29-32(26(25)34)20-8-2-1-3-9-20)30-13-15-31(16-14-30)24(33)12-6-7-19-17-28-22-11-5-4-10-21(19)22/h1-5,8-11,17-18,28H,6-7,12-16H2. The van der Waals surface area contributed by atoms with Crippen LogP contribution in [0.4, 0.5) is 5.69 Å². The van der Waals surface area contributed by atoms with Gasteiger partial charge in [0.05, 0.1) is 17.6 Å². The quantitative estimate of drug-likeness (QED) is 0.456. The Bertz CT molecular complexity index is 1360. The van der Waals surface area contributed by atoms with Gasteiger partial charge in [0, 0.05) is 49.7 Å². The first-order valence-corrected chi connectivity index (χ1v) is 11.9. The molecule has 4 aromatic rings. The van der Waals surface area contributed by atoms with E-state index in [0.29, 0.717) is 44.0 Å². The van der Waals surface area contributed by atoms with Gasteiger partial charge in [-0.2, -0.15) is 9.78 Å². The molecule has 5 rings (SSSR count). The van der Waals surface area contributed by atoms with Crippen LogP contribution in [0.3, 0.4) is 0 Å². The monoisotopic (exact) mass is 475 g/mol. The number of H-pyrrole nitrogens is 1. The fourth-order valence-corrected chi connectivity index (χ4v) is 4.77. The molecule has 1 saturated heterocycles. The second-order valence-electron chi connectivity index (χ2n) is 8.48. The molecule has 8 heteroatoms. The maximum atomic E-state index is 12.8. The third-order valence-corrected chi connectivity index (χ3v) is 6.74. The highest BCUT2D eigenvalue weighted by Crippen LogP contribution is 2.24. The first kappa shape index (κ1) is 22.2. The van der Waals surface area contributed by atoms with Gasteiger partial charge in [0.2, 0.25) is 5.91 Å². The molecule has 0 unspecified atom stereocenters. The van der Waals surface area contributed by atoms with Gasteiger partial charge in [-0.05, 0) is 36.6 Å². The molecule has 1 aliphatic rings. The number of aromatic nitrogens is 3. The lowest BCUT2D eigenvalue weighted by atomic mass is 10.1. The normalized spacial score (nSPS) is 14.0. The fourth-order valence-electron chi connectivity index (χ4n) is 4.52. The number of hydrogen-bond acceptors (Lipinski definition) is 4. The number of nitrogens with one attached hydrogen (secondary N) is 1. The Balaban J connectivity index is 1.16. The maximum absolute atomic E-state index is 12.8. The minimum absolute atomic E-state index is 0.150. The van der Waals surface area contributed by atoms with E-state index in [1.807, 2.05) is 58.5 Å². The van der Waals surface area contributed by atoms with Gasteiger partial charge in [0.15, 0.2) is 0 Å². The molecule has 34 heavy (non-hydrogen) atoms. The first-order chi connectivity index (χ1) is 16.6. The number of fused-ring (bicyclic) bond motifs is 1. The SMILES string of the molecule is O=C(CCCc1c[nH]c2ccccc12)N1CCN(c2cnn(-c3ccccc3)c(=O)c2Cl)CC1. The molecule has 0 bridgehead atoms. The third kappa shape index (κ3) is 4.43. The van der Waals surface area contributed by atoms with Crippen molar-refractivity contribution in [2.75, 3.05) is 31.1 Å². The molecule has 1 aliphatic heterocycles. The van der Waals surface area contributed by atoms with Crippen LogP contribution in [0.15, 0.2) is 71.8 Å². The van der Waals surface area contributed by atoms with E-state index >= 15 is 0 Å². The summed E-state index contributed by atoms with van der Waals surface area (Å²) in [6.07, 6.45) is 5.88. The molecule has 3 heterocycles. The highest BCUT2D eigenvalue weighted by molar-refractivity contribution is 6.33. The van der Waals surface area contributed by atoms with Crippen molar-refractivity contribution in [1.82, 2.24) is 19.7 Å². The number of amides is 1. The Morgan fingerprint density at radius 2 is 1.74 bits per heavy atom. The van der Waals surface area contributed by atoms with Crippen molar-refractivity contribution in [3.05, 3.63) is 87.9 Å². The highest BCUT2D eigenvalue weighted by Gasteiger charge is 2.24. The van der Waals surface area contributed by atoms with Crippen LogP contribution in [0.5, 0.6) is 0 Å². The van der Waals surface area contributed by atoms with Crippen LogP contribution in [0.1, 0.15) is 18.4 Å². The van der Waals surface area contributed by atoms with E-state index in [4.69, 9.17) is 11.6 Å². The number of anilines is 1. The van der Waals surface area contributed by atoms with Crippen LogP contribution < -0.4 is 10.5 Å². The lowest BCUT2D eigenvalue weighted by Crippen LogP contribution is -2.49. The number of carbonyl (C=O) groups is 1. The van der Waals surface area contributed by atoms with Gasteiger partial charge in [-0.15, -0.1) is 0 Å². The second kappa shape index (κ2) is 9.73. The van der Waals surface area contributed by atoms with Gasteiger partial charge >= 0.3 is 0 Å². The molecule has 174 valence electrons. The number of carbonyl (C=O) groups excluding carboxylic acids is 1. The number of halogens is 1. The summed E-state index contributed by atoms with van der Waals surface area (Å²) < 4.78 is 1.30. The van der Waals surface area contributed by atoms with E-state index < -0.39 is 0 Å². The Morgan fingerprint density at radius 1 is 1.00 bits per heavy atom. The molecule has 0 saturated carbocycles. The zero-order valence-electron chi connectivity index (χ0n) is 18.8. The Kier molecular flexibility index (Phi) is 6.36. The second-order valence-corrected chi connectivity index (χ2v) is 8.86. The summed E-state index contributed by atoms with van der Waals surface area (Å²) >= 11 is 6.44. The van der Waals surface area contributed by atoms with Crippen molar-refractivity contribution < 1.29 is 4.79 Å². The van der Waals surface area contributed by atoms with Crippen LogP contribution in [-0.2, 0) is 11.2 Å². The van der Waals surface area contributed by atoms with Crippen molar-refractivity contribution in [1.29, 1.82) is 0 Å². The van der Waals surface area contributed by atoms with Crippen LogP contribution in [0, 0.1) is 0 Å². The number of aromatic amines is 1. The number of piperazine rings is 1. The molecule has 1 amide bonds. The molecule has 0 aliphatic carbocycles. The van der Waals surface area contributed by atoms with E-state index in [1.54, 1.807) is 6.20 Å². The van der Waals surface area contributed by atoms with Crippen LogP contribution in [0.2, 0.25) is 5.02 Å². The van der Waals surface area contributed by atoms with Gasteiger partial charge in [0.25, 0.3) is 5.56 Å². The predicted molar refractivity (Wildman–Crippen MR) is 135 cm³/mol. The molecule has 7 nitrogen and oxygen atoms in total. The molecule has 1 N–H and O–H groups in total. The van der Waals surface area contributed by atoms with Crippen molar-refractivity contribution in [3.63, 3.8) is 0 Å². The van der Waals surface area contributed by atoms with Crippen molar-refractivity contribution in [2.45, 2.75) is 19.3 Å². The first-order valence-electron chi connectivity index (χ1n) is 11.5. The number of hydrogen-bond donors (Lipinski definition) is 1. The van der Waals surface area contributed by atoms with Crippen molar-refractivity contribution in [2.24, 2.45) is 0 Å². The average Bonchev–Trinajstić information content (AvgIpc) is 3.29. The summed E-state index contributed by atoms with van der Waals surface area (Å²) in [5.41, 5.74) is 3.32. The largest absolute Gasteiger partial charge is 0.365 e. The highest BCUT2D eigenvalue weighted by atomic mass is 35.5. The predicted octanol–water partition coefficient (Wildman–Crippen LogP) is 4.04. The molecule has 0 atom stereocenters. The molecular weight excluding hydrogens is 450 g/mol. The summed E-state index contributed by atoms with van der Waals surface area (Å²) in [4.78, 5) is 32.8. The Labute approximate surface area is 202 Å². The molecule has 2 aromatic heterocycles. The number of aryl methyl sites for hydroxylation is 1. The van der Waals surface area contributed by atoms with Gasteiger partial charge in [0.1, 0.15) is 5.02 Å². The van der Waals surface area contributed by atoms with Crippen LogP contribution >= 0.6 is 11.6 Å². The fraction of sp³-hybridized carbons (Fsp3) is 0.269. The molecule has 0 spiro atoms. The molecule has 2 aromatic carbocycles. The molecule has 1 fully saturated rings. The van der Waals surface area contributed by atoms with E-state index in [1.165, 1.54) is 15.6 Å². The minimum atomic E-state index is -0.346. The minimum Gasteiger partial charge on any atom is -0.365 e. The average molecular weight is 476 g/mol. The zero-order chi connectivity index (χ0) is 23.5. The van der Waals surface area contributed by atoms with Gasteiger partial charge in [-0.1, -0.05) is 48.0 Å². The Hall–Kier alpha value is -3.58. The number of benzene rings is 2. The van der Waals surface area contributed by atoms with Gasteiger partial charge in [-0.25, -0.2) is 0 Å². The van der Waals surface area contributed by atoms with Gasteiger partial charge < -0.3 is 14.8 Å². The smallest absolute Gasteiger partial charge is 0.292 e. The van der Waals surface area contributed by atoms with E-state index in [0.717, 1.165) is 18.4 Å². The topological polar surface area (TPSA) is 74.2 Å². The van der Waals surface area contributed by atoms with Crippen LogP contribution in [0.25, 0.3) is 16.6 Å². The molecular formula is C26H26ClN5O2. The third-order valence-electron chi connectivity index (χ3n) is 6.39. The van der Waals surface area contributed by atoms with Gasteiger partial charge in [-0.3, -0.25) is 9.59 Å². The van der Waals surface area contributed by atoms with E-state index in [-0.39, 0.29) is 16.5 Å². The number of rotatable bonds is 6. The zero-order valence-corrected chi connectivity index (χ0v) is 19.5. The Morgan fingerprint density at radius 3 is 2.53 bits per heavy atom. The van der Waals surface area contributed by atoms with E-state index in [9.17, 15) is 9.59 Å². The molecule has 0 radical (unpaired) electrons. The summed E-state index contributed by atoms with van der Waals surface area (Å²) in [5.74, 6) is 0.170. The van der Waals surface area contributed by atoms with Crippen molar-refractivity contribution >= 4 is 34.1 Å². The van der Waals surface area contributed by atoms with Crippen molar-refractivity contribution in [3.8, 4) is 5.69 Å². The summed E-state index contributed by atoms with van der Waals surface area (Å²) in [6, 6.07) is 17.4. The summed E-state index contributed by atoms with van der Waals surface area (Å²) in [7, 11) is 0.